The first-order valence-electron chi connectivity index (χ1n) is 5.00. The number of rotatable bonds is 1. The third-order valence-electron chi connectivity index (χ3n) is 3.39. The van der Waals surface area contributed by atoms with Crippen molar-refractivity contribution in [3.05, 3.63) is 12.2 Å². The van der Waals surface area contributed by atoms with Gasteiger partial charge in [-0.25, -0.2) is 0 Å². The van der Waals surface area contributed by atoms with E-state index in [0.717, 1.165) is 25.9 Å². The van der Waals surface area contributed by atoms with Crippen molar-refractivity contribution >= 4 is 0 Å². The zero-order valence-corrected chi connectivity index (χ0v) is 8.64. The number of aliphatic hydroxyl groups is 1. The topological polar surface area (TPSA) is 23.5 Å². The Hall–Kier alpha value is -0.340. The summed E-state index contributed by atoms with van der Waals surface area (Å²) in [6.45, 7) is 11.0. The normalized spacial score (nSPS) is 38.2. The van der Waals surface area contributed by atoms with Crippen LogP contribution in [0.3, 0.4) is 0 Å². The molecule has 13 heavy (non-hydrogen) atoms. The van der Waals surface area contributed by atoms with E-state index in [1.807, 2.05) is 0 Å². The summed E-state index contributed by atoms with van der Waals surface area (Å²) in [7, 11) is 0. The average molecular weight is 181 g/mol. The smallest absolute Gasteiger partial charge is 0.0618 e. The van der Waals surface area contributed by atoms with Crippen LogP contribution in [0.2, 0.25) is 0 Å². The molecular formula is C11H19NO. The van der Waals surface area contributed by atoms with Gasteiger partial charge in [0, 0.05) is 18.6 Å². The Morgan fingerprint density at radius 2 is 2.23 bits per heavy atom. The van der Waals surface area contributed by atoms with Crippen molar-refractivity contribution in [3.63, 3.8) is 0 Å². The molecule has 0 aromatic heterocycles. The first kappa shape index (κ1) is 9.22. The van der Waals surface area contributed by atoms with Crippen LogP contribution in [-0.2, 0) is 0 Å². The number of fused-ring (bicyclic) bond motifs is 1. The zero-order chi connectivity index (χ0) is 9.69. The van der Waals surface area contributed by atoms with E-state index in [1.165, 1.54) is 5.57 Å². The molecular weight excluding hydrogens is 162 g/mol. The minimum Gasteiger partial charge on any atom is -0.394 e. The molecule has 2 saturated heterocycles. The fraction of sp³-hybridized carbons (Fsp3) is 0.818. The fourth-order valence-electron chi connectivity index (χ4n) is 3.14. The molecule has 2 nitrogen and oxygen atoms in total. The summed E-state index contributed by atoms with van der Waals surface area (Å²) in [6.07, 6.45) is 2.10. The Bertz CT molecular complexity index is 246. The standard InChI is InChI=1S/C11H19NO/c1-9-4-11(8-13)6-10(2,3)7-12(11)5-9/h13H,1,4-8H2,2-3H3. The molecule has 1 atom stereocenters. The van der Waals surface area contributed by atoms with E-state index in [2.05, 4.69) is 25.3 Å². The summed E-state index contributed by atoms with van der Waals surface area (Å²) in [5, 5.41) is 9.49. The maximum absolute atomic E-state index is 9.49. The van der Waals surface area contributed by atoms with Gasteiger partial charge in [-0.2, -0.15) is 0 Å². The Labute approximate surface area is 80.2 Å². The van der Waals surface area contributed by atoms with Crippen molar-refractivity contribution in [2.75, 3.05) is 19.7 Å². The summed E-state index contributed by atoms with van der Waals surface area (Å²) < 4.78 is 0. The minimum absolute atomic E-state index is 0.0422. The van der Waals surface area contributed by atoms with E-state index in [0.29, 0.717) is 5.41 Å². The summed E-state index contributed by atoms with van der Waals surface area (Å²) in [5.74, 6) is 0. The summed E-state index contributed by atoms with van der Waals surface area (Å²) >= 11 is 0. The van der Waals surface area contributed by atoms with E-state index < -0.39 is 0 Å². The van der Waals surface area contributed by atoms with Crippen molar-refractivity contribution in [2.45, 2.75) is 32.2 Å². The molecule has 1 unspecified atom stereocenters. The summed E-state index contributed by atoms with van der Waals surface area (Å²) in [6, 6.07) is 0. The van der Waals surface area contributed by atoms with Gasteiger partial charge < -0.3 is 5.11 Å². The van der Waals surface area contributed by atoms with Crippen LogP contribution < -0.4 is 0 Å². The van der Waals surface area contributed by atoms with Crippen molar-refractivity contribution in [2.24, 2.45) is 5.41 Å². The molecule has 2 heterocycles. The lowest BCUT2D eigenvalue weighted by Crippen LogP contribution is -2.41. The van der Waals surface area contributed by atoms with Gasteiger partial charge in [0.15, 0.2) is 0 Å². The van der Waals surface area contributed by atoms with Gasteiger partial charge in [0.2, 0.25) is 0 Å². The van der Waals surface area contributed by atoms with Gasteiger partial charge in [0.25, 0.3) is 0 Å². The predicted molar refractivity (Wildman–Crippen MR) is 53.5 cm³/mol. The molecule has 2 heteroatoms. The van der Waals surface area contributed by atoms with Crippen LogP contribution >= 0.6 is 0 Å². The molecule has 1 N–H and O–H groups in total. The highest BCUT2D eigenvalue weighted by Crippen LogP contribution is 2.47. The molecule has 0 aromatic rings. The average Bonchev–Trinajstić information content (AvgIpc) is 2.36. The fourth-order valence-corrected chi connectivity index (χ4v) is 3.14. The van der Waals surface area contributed by atoms with Gasteiger partial charge in [0.05, 0.1) is 6.61 Å². The molecule has 2 aliphatic rings. The highest BCUT2D eigenvalue weighted by atomic mass is 16.3. The molecule has 2 aliphatic heterocycles. The summed E-state index contributed by atoms with van der Waals surface area (Å²) in [5.41, 5.74) is 1.69. The van der Waals surface area contributed by atoms with Gasteiger partial charge in [-0.15, -0.1) is 0 Å². The Balaban J connectivity index is 2.25. The molecule has 2 rings (SSSR count). The van der Waals surface area contributed by atoms with Crippen LogP contribution in [0, 0.1) is 5.41 Å². The molecule has 2 fully saturated rings. The third-order valence-corrected chi connectivity index (χ3v) is 3.39. The van der Waals surface area contributed by atoms with Gasteiger partial charge in [0.1, 0.15) is 0 Å². The minimum atomic E-state index is 0.0422. The monoisotopic (exact) mass is 181 g/mol. The van der Waals surface area contributed by atoms with E-state index in [9.17, 15) is 5.11 Å². The first-order chi connectivity index (χ1) is 5.97. The highest BCUT2D eigenvalue weighted by Gasteiger charge is 2.51. The first-order valence-corrected chi connectivity index (χ1v) is 5.00. The number of hydrogen-bond donors (Lipinski definition) is 1. The molecule has 0 bridgehead atoms. The molecule has 0 spiro atoms. The van der Waals surface area contributed by atoms with Crippen molar-refractivity contribution < 1.29 is 5.11 Å². The second-order valence-corrected chi connectivity index (χ2v) is 5.51. The number of hydrogen-bond acceptors (Lipinski definition) is 2. The SMILES string of the molecule is C=C1CN2CC(C)(C)CC2(CO)C1. The molecule has 74 valence electrons. The van der Waals surface area contributed by atoms with Gasteiger partial charge in [-0.3, -0.25) is 4.90 Å². The predicted octanol–water partition coefficient (Wildman–Crippen LogP) is 1.41. The maximum atomic E-state index is 9.49. The number of nitrogens with zero attached hydrogens (tertiary/aromatic N) is 1. The zero-order valence-electron chi connectivity index (χ0n) is 8.64. The van der Waals surface area contributed by atoms with E-state index in [-0.39, 0.29) is 12.1 Å². The second kappa shape index (κ2) is 2.58. The molecule has 0 radical (unpaired) electrons. The lowest BCUT2D eigenvalue weighted by molar-refractivity contribution is 0.0996. The van der Waals surface area contributed by atoms with Crippen LogP contribution in [0.15, 0.2) is 12.2 Å². The van der Waals surface area contributed by atoms with Crippen LogP contribution in [0.5, 0.6) is 0 Å². The third kappa shape index (κ3) is 1.32. The van der Waals surface area contributed by atoms with Gasteiger partial charge in [-0.05, 0) is 18.3 Å². The van der Waals surface area contributed by atoms with Crippen LogP contribution in [0.25, 0.3) is 0 Å². The maximum Gasteiger partial charge on any atom is 0.0618 e. The van der Waals surface area contributed by atoms with Crippen LogP contribution in [0.4, 0.5) is 0 Å². The number of aliphatic hydroxyl groups excluding tert-OH is 1. The van der Waals surface area contributed by atoms with Crippen LogP contribution in [-0.4, -0.2) is 35.2 Å². The van der Waals surface area contributed by atoms with Crippen molar-refractivity contribution in [3.8, 4) is 0 Å². The van der Waals surface area contributed by atoms with E-state index in [4.69, 9.17) is 0 Å². The highest BCUT2D eigenvalue weighted by molar-refractivity contribution is 5.19. The van der Waals surface area contributed by atoms with E-state index >= 15 is 0 Å². The molecule has 0 aromatic carbocycles. The molecule has 0 aliphatic carbocycles. The molecule has 0 amide bonds. The summed E-state index contributed by atoms with van der Waals surface area (Å²) in [4.78, 5) is 2.41. The van der Waals surface area contributed by atoms with Gasteiger partial charge in [-0.1, -0.05) is 26.0 Å². The molecule has 0 saturated carbocycles. The van der Waals surface area contributed by atoms with Crippen molar-refractivity contribution in [1.82, 2.24) is 4.90 Å². The second-order valence-electron chi connectivity index (χ2n) is 5.51. The van der Waals surface area contributed by atoms with Crippen LogP contribution in [0.1, 0.15) is 26.7 Å². The Morgan fingerprint density at radius 1 is 1.54 bits per heavy atom. The van der Waals surface area contributed by atoms with E-state index in [1.54, 1.807) is 0 Å². The van der Waals surface area contributed by atoms with Gasteiger partial charge >= 0.3 is 0 Å². The Kier molecular flexibility index (Phi) is 1.83. The Morgan fingerprint density at radius 3 is 2.77 bits per heavy atom. The quantitative estimate of drug-likeness (QED) is 0.618. The lowest BCUT2D eigenvalue weighted by atomic mass is 9.82. The lowest BCUT2D eigenvalue weighted by Gasteiger charge is -2.29. The van der Waals surface area contributed by atoms with Crippen molar-refractivity contribution in [1.29, 1.82) is 0 Å². The largest absolute Gasteiger partial charge is 0.394 e.